The van der Waals surface area contributed by atoms with Crippen molar-refractivity contribution < 1.29 is 18.0 Å². The molecule has 192 valence electrons. The average molecular weight is 529 g/mol. The van der Waals surface area contributed by atoms with E-state index in [9.17, 15) is 18.0 Å². The second kappa shape index (κ2) is 10.4. The van der Waals surface area contributed by atoms with Crippen molar-refractivity contribution in [2.75, 3.05) is 17.2 Å². The molecule has 1 aliphatic heterocycles. The predicted octanol–water partition coefficient (Wildman–Crippen LogP) is 3.62. The van der Waals surface area contributed by atoms with Crippen molar-refractivity contribution in [3.05, 3.63) is 102 Å². The van der Waals surface area contributed by atoms with E-state index in [0.29, 0.717) is 22.8 Å². The molecule has 0 unspecified atom stereocenters. The van der Waals surface area contributed by atoms with Crippen LogP contribution < -0.4 is 15.4 Å². The number of amides is 2. The fourth-order valence-electron chi connectivity index (χ4n) is 3.90. The third-order valence-corrected chi connectivity index (χ3v) is 7.41. The fraction of sp³-hybridized carbons (Fsp3) is 0.111. The Morgan fingerprint density at radius 1 is 1.03 bits per heavy atom. The lowest BCUT2D eigenvalue weighted by Gasteiger charge is -2.14. The van der Waals surface area contributed by atoms with Gasteiger partial charge in [0.05, 0.1) is 18.8 Å². The van der Waals surface area contributed by atoms with E-state index in [0.717, 1.165) is 26.8 Å². The SMILES string of the molecule is Cc1ccc(NC(=O)c2ccc(CN3C(=O)CNS3(=O)=O)cc2)cc1Nc1nccc(-c2ccccc2)n1. The first kappa shape index (κ1) is 25.1. The first-order valence-corrected chi connectivity index (χ1v) is 13.2. The number of anilines is 3. The van der Waals surface area contributed by atoms with Crippen LogP contribution in [0.2, 0.25) is 0 Å². The quantitative estimate of drug-likeness (QED) is 0.334. The Labute approximate surface area is 219 Å². The van der Waals surface area contributed by atoms with Crippen molar-refractivity contribution in [2.45, 2.75) is 13.5 Å². The van der Waals surface area contributed by atoms with Crippen molar-refractivity contribution in [1.82, 2.24) is 19.0 Å². The number of rotatable bonds is 7. The Hall–Kier alpha value is -4.61. The summed E-state index contributed by atoms with van der Waals surface area (Å²) in [7, 11) is -3.81. The van der Waals surface area contributed by atoms with Crippen LogP contribution in [0.5, 0.6) is 0 Å². The number of nitrogens with one attached hydrogen (secondary N) is 3. The molecule has 1 saturated heterocycles. The average Bonchev–Trinajstić information content (AvgIpc) is 3.18. The maximum Gasteiger partial charge on any atom is 0.304 e. The number of hydrogen-bond donors (Lipinski definition) is 3. The Balaban J connectivity index is 1.27. The molecule has 0 spiro atoms. The van der Waals surface area contributed by atoms with Crippen molar-refractivity contribution in [2.24, 2.45) is 0 Å². The van der Waals surface area contributed by atoms with Gasteiger partial charge in [0.25, 0.3) is 11.8 Å². The van der Waals surface area contributed by atoms with Gasteiger partial charge in [-0.3, -0.25) is 9.59 Å². The summed E-state index contributed by atoms with van der Waals surface area (Å²) in [6.45, 7) is 1.59. The second-order valence-corrected chi connectivity index (χ2v) is 10.3. The van der Waals surface area contributed by atoms with Gasteiger partial charge in [-0.25, -0.2) is 14.3 Å². The molecule has 0 radical (unpaired) electrons. The van der Waals surface area contributed by atoms with Crippen LogP contribution in [0.1, 0.15) is 21.5 Å². The number of aromatic nitrogens is 2. The van der Waals surface area contributed by atoms with Gasteiger partial charge in [0.1, 0.15) is 0 Å². The highest BCUT2D eigenvalue weighted by molar-refractivity contribution is 7.88. The summed E-state index contributed by atoms with van der Waals surface area (Å²) in [6.07, 6.45) is 1.69. The zero-order valence-electron chi connectivity index (χ0n) is 20.4. The number of hydrogen-bond acceptors (Lipinski definition) is 7. The van der Waals surface area contributed by atoms with Crippen LogP contribution in [0.25, 0.3) is 11.3 Å². The topological polar surface area (TPSA) is 133 Å². The molecule has 0 saturated carbocycles. The molecular weight excluding hydrogens is 504 g/mol. The molecule has 3 N–H and O–H groups in total. The molecule has 2 heterocycles. The summed E-state index contributed by atoms with van der Waals surface area (Å²) in [5.41, 5.74) is 5.00. The second-order valence-electron chi connectivity index (χ2n) is 8.66. The van der Waals surface area contributed by atoms with E-state index in [1.807, 2.05) is 49.4 Å². The molecule has 38 heavy (non-hydrogen) atoms. The van der Waals surface area contributed by atoms with Crippen LogP contribution in [-0.4, -0.2) is 41.1 Å². The largest absolute Gasteiger partial charge is 0.324 e. The first-order chi connectivity index (χ1) is 18.3. The number of nitrogens with zero attached hydrogens (tertiary/aromatic N) is 3. The van der Waals surface area contributed by atoms with E-state index in [1.54, 1.807) is 42.6 Å². The number of carbonyl (C=O) groups excluding carboxylic acids is 2. The molecule has 0 aliphatic carbocycles. The van der Waals surface area contributed by atoms with Crippen LogP contribution in [0.3, 0.4) is 0 Å². The van der Waals surface area contributed by atoms with Crippen LogP contribution in [0, 0.1) is 6.92 Å². The Kier molecular flexibility index (Phi) is 6.86. The predicted molar refractivity (Wildman–Crippen MR) is 144 cm³/mol. The standard InChI is InChI=1S/C27H24N6O4S/c1-18-7-12-22(15-24(18)32-27-28-14-13-23(31-27)20-5-3-2-4-6-20)30-26(35)21-10-8-19(9-11-21)17-33-25(34)16-29-38(33,36)37/h2-15,29H,16-17H2,1H3,(H,30,35)(H,28,31,32). The smallest absolute Gasteiger partial charge is 0.304 e. The van der Waals surface area contributed by atoms with Crippen LogP contribution in [0.4, 0.5) is 17.3 Å². The molecule has 11 heteroatoms. The summed E-state index contributed by atoms with van der Waals surface area (Å²) in [4.78, 5) is 33.6. The van der Waals surface area contributed by atoms with Gasteiger partial charge in [-0.1, -0.05) is 48.5 Å². The Morgan fingerprint density at radius 2 is 1.79 bits per heavy atom. The molecule has 3 aromatic carbocycles. The van der Waals surface area contributed by atoms with E-state index >= 15 is 0 Å². The lowest BCUT2D eigenvalue weighted by Crippen LogP contribution is -2.31. The molecule has 2 amide bonds. The molecule has 1 fully saturated rings. The highest BCUT2D eigenvalue weighted by atomic mass is 32.2. The van der Waals surface area contributed by atoms with Crippen molar-refractivity contribution in [3.8, 4) is 11.3 Å². The summed E-state index contributed by atoms with van der Waals surface area (Å²) < 4.78 is 26.8. The van der Waals surface area contributed by atoms with Gasteiger partial charge in [-0.15, -0.1) is 0 Å². The van der Waals surface area contributed by atoms with Crippen molar-refractivity contribution in [3.63, 3.8) is 0 Å². The third-order valence-electron chi connectivity index (χ3n) is 5.98. The van der Waals surface area contributed by atoms with Gasteiger partial charge in [0, 0.05) is 28.7 Å². The van der Waals surface area contributed by atoms with Gasteiger partial charge in [0.2, 0.25) is 5.95 Å². The van der Waals surface area contributed by atoms with E-state index < -0.39 is 16.1 Å². The zero-order chi connectivity index (χ0) is 26.7. The maximum atomic E-state index is 12.9. The van der Waals surface area contributed by atoms with Crippen LogP contribution in [0.15, 0.2) is 85.1 Å². The van der Waals surface area contributed by atoms with Crippen molar-refractivity contribution >= 4 is 39.3 Å². The highest BCUT2D eigenvalue weighted by Crippen LogP contribution is 2.25. The monoisotopic (exact) mass is 528 g/mol. The summed E-state index contributed by atoms with van der Waals surface area (Å²) in [6, 6.07) is 23.5. The van der Waals surface area contributed by atoms with E-state index in [2.05, 4.69) is 25.3 Å². The van der Waals surface area contributed by atoms with Crippen LogP contribution in [-0.2, 0) is 21.5 Å². The normalized spacial score (nSPS) is 14.3. The molecule has 0 atom stereocenters. The van der Waals surface area contributed by atoms with Gasteiger partial charge in [-0.05, 0) is 48.4 Å². The van der Waals surface area contributed by atoms with Crippen LogP contribution >= 0.6 is 0 Å². The lowest BCUT2D eigenvalue weighted by atomic mass is 10.1. The summed E-state index contributed by atoms with van der Waals surface area (Å²) >= 11 is 0. The molecule has 0 bridgehead atoms. The van der Waals surface area contributed by atoms with Gasteiger partial charge >= 0.3 is 10.2 Å². The van der Waals surface area contributed by atoms with E-state index in [-0.39, 0.29) is 19.0 Å². The maximum absolute atomic E-state index is 12.9. The molecule has 4 aromatic rings. The van der Waals surface area contributed by atoms with Gasteiger partial charge < -0.3 is 10.6 Å². The highest BCUT2D eigenvalue weighted by Gasteiger charge is 2.34. The summed E-state index contributed by atoms with van der Waals surface area (Å²) in [5.74, 6) is -0.421. The molecule has 10 nitrogen and oxygen atoms in total. The third kappa shape index (κ3) is 5.53. The number of aryl methyl sites for hydroxylation is 1. The molecule has 1 aliphatic rings. The minimum absolute atomic E-state index is 0.101. The first-order valence-electron chi connectivity index (χ1n) is 11.7. The summed E-state index contributed by atoms with van der Waals surface area (Å²) in [5, 5.41) is 6.10. The molecule has 5 rings (SSSR count). The number of carbonyl (C=O) groups is 2. The fourth-order valence-corrected chi connectivity index (χ4v) is 5.01. The Bertz CT molecular complexity index is 1610. The lowest BCUT2D eigenvalue weighted by molar-refractivity contribution is -0.124. The van der Waals surface area contributed by atoms with Crippen molar-refractivity contribution in [1.29, 1.82) is 0 Å². The zero-order valence-corrected chi connectivity index (χ0v) is 21.2. The minimum atomic E-state index is -3.81. The van der Waals surface area contributed by atoms with Gasteiger partial charge in [0.15, 0.2) is 0 Å². The van der Waals surface area contributed by atoms with Gasteiger partial charge in [-0.2, -0.15) is 13.1 Å². The van der Waals surface area contributed by atoms with E-state index in [1.165, 1.54) is 0 Å². The Morgan fingerprint density at radius 3 is 2.50 bits per heavy atom. The molecule has 1 aromatic heterocycles. The van der Waals surface area contributed by atoms with E-state index in [4.69, 9.17) is 0 Å². The number of benzene rings is 3. The molecular formula is C27H24N6O4S. The minimum Gasteiger partial charge on any atom is -0.324 e.